The number of carbonyl (C=O) groups is 2. The van der Waals surface area contributed by atoms with E-state index in [4.69, 9.17) is 22.7 Å². The van der Waals surface area contributed by atoms with Crippen molar-refractivity contribution in [1.29, 1.82) is 0 Å². The summed E-state index contributed by atoms with van der Waals surface area (Å²) in [6.45, 7) is 8.08. The fourth-order valence-corrected chi connectivity index (χ4v) is 3.70. The number of carbonyl (C=O) groups excluding carboxylic acids is 2. The van der Waals surface area contributed by atoms with Gasteiger partial charge in [0.2, 0.25) is 0 Å². The van der Waals surface area contributed by atoms with Crippen LogP contribution in [0, 0.1) is 24.4 Å². The molecule has 0 saturated carbocycles. The third-order valence-electron chi connectivity index (χ3n) is 4.42. The van der Waals surface area contributed by atoms with Crippen molar-refractivity contribution in [3.05, 3.63) is 27.5 Å². The number of esters is 1. The highest BCUT2D eigenvalue weighted by Gasteiger charge is 2.27. The Bertz CT molecular complexity index is 699. The van der Waals surface area contributed by atoms with Crippen LogP contribution >= 0.6 is 12.2 Å². The molecule has 1 aromatic rings. The zero-order valence-electron chi connectivity index (χ0n) is 14.5. The molecule has 0 spiro atoms. The molecule has 1 atom stereocenters. The Labute approximate surface area is 147 Å². The molecule has 1 aliphatic rings. The van der Waals surface area contributed by atoms with E-state index in [0.717, 1.165) is 30.6 Å². The highest BCUT2D eigenvalue weighted by atomic mass is 32.1. The van der Waals surface area contributed by atoms with Gasteiger partial charge in [-0.1, -0.05) is 12.2 Å². The maximum atomic E-state index is 12.0. The molecular formula is C17H25N3O3S. The molecule has 0 bridgehead atoms. The van der Waals surface area contributed by atoms with Crippen molar-refractivity contribution >= 4 is 24.1 Å². The van der Waals surface area contributed by atoms with Crippen LogP contribution in [-0.2, 0) is 16.2 Å². The van der Waals surface area contributed by atoms with Crippen molar-refractivity contribution in [2.24, 2.45) is 11.7 Å². The molecule has 1 fully saturated rings. The fraction of sp³-hybridized carbons (Fsp3) is 0.588. The Morgan fingerprint density at radius 3 is 2.75 bits per heavy atom. The monoisotopic (exact) mass is 351 g/mol. The van der Waals surface area contributed by atoms with Gasteiger partial charge >= 0.3 is 5.97 Å². The summed E-state index contributed by atoms with van der Waals surface area (Å²) in [6.07, 6.45) is 1.78. The van der Waals surface area contributed by atoms with Crippen molar-refractivity contribution in [1.82, 2.24) is 9.47 Å². The molecule has 0 aromatic carbocycles. The Morgan fingerprint density at radius 2 is 2.12 bits per heavy atom. The lowest BCUT2D eigenvalue weighted by molar-refractivity contribution is -0.150. The van der Waals surface area contributed by atoms with Crippen LogP contribution in [0.4, 0.5) is 0 Å². The third kappa shape index (κ3) is 4.02. The zero-order chi connectivity index (χ0) is 17.9. The quantitative estimate of drug-likeness (QED) is 0.650. The molecule has 24 heavy (non-hydrogen) atoms. The molecule has 1 aromatic heterocycles. The largest absolute Gasteiger partial charge is 0.466 e. The summed E-state index contributed by atoms with van der Waals surface area (Å²) < 4.78 is 7.51. The Hall–Kier alpha value is -1.73. The van der Waals surface area contributed by atoms with Gasteiger partial charge in [-0.3, -0.25) is 14.5 Å². The molecule has 1 saturated heterocycles. The lowest BCUT2D eigenvalue weighted by atomic mass is 9.98. The molecule has 0 radical (unpaired) electrons. The minimum Gasteiger partial charge on any atom is -0.466 e. The summed E-state index contributed by atoms with van der Waals surface area (Å²) >= 11 is 5.48. The molecule has 1 amide bonds. The first-order chi connectivity index (χ1) is 11.3. The molecule has 2 heterocycles. The van der Waals surface area contributed by atoms with Crippen LogP contribution in [0.15, 0.2) is 6.07 Å². The van der Waals surface area contributed by atoms with Crippen molar-refractivity contribution in [3.63, 3.8) is 0 Å². The first-order valence-corrected chi connectivity index (χ1v) is 8.65. The number of rotatable bonds is 5. The maximum Gasteiger partial charge on any atom is 0.310 e. The lowest BCUT2D eigenvalue weighted by Gasteiger charge is -2.32. The van der Waals surface area contributed by atoms with E-state index in [1.165, 1.54) is 0 Å². The standard InChI is InChI=1S/C17H25N3O3S/c1-4-23-17(22)13-6-5-7-19(9-13)10-20-12(3)8-11(2)14(15(18)21)16(20)24/h8,13H,4-7,9-10H2,1-3H3,(H2,18,21)/t13-/m1/s1. The number of primary amides is 1. The first kappa shape index (κ1) is 18.6. The molecule has 7 heteroatoms. The number of ether oxygens (including phenoxy) is 1. The van der Waals surface area contributed by atoms with Crippen LogP contribution in [0.1, 0.15) is 41.4 Å². The predicted molar refractivity (Wildman–Crippen MR) is 94.2 cm³/mol. The SMILES string of the molecule is CCOC(=O)[C@@H]1CCCN(Cn2c(C)cc(C)c(C(N)=O)c2=S)C1. The number of aromatic nitrogens is 1. The second kappa shape index (κ2) is 7.90. The van der Waals surface area contributed by atoms with Crippen LogP contribution in [-0.4, -0.2) is 41.0 Å². The van der Waals surface area contributed by atoms with Gasteiger partial charge in [-0.15, -0.1) is 0 Å². The molecular weight excluding hydrogens is 326 g/mol. The number of nitrogens with two attached hydrogens (primary N) is 1. The van der Waals surface area contributed by atoms with Gasteiger partial charge in [0.05, 0.1) is 24.8 Å². The molecule has 0 unspecified atom stereocenters. The van der Waals surface area contributed by atoms with Crippen molar-refractivity contribution < 1.29 is 14.3 Å². The summed E-state index contributed by atoms with van der Waals surface area (Å²) in [4.78, 5) is 25.8. The van der Waals surface area contributed by atoms with Crippen molar-refractivity contribution in [2.75, 3.05) is 19.7 Å². The summed E-state index contributed by atoms with van der Waals surface area (Å²) in [7, 11) is 0. The molecule has 2 N–H and O–H groups in total. The molecule has 6 nitrogen and oxygen atoms in total. The topological polar surface area (TPSA) is 77.6 Å². The smallest absolute Gasteiger partial charge is 0.310 e. The first-order valence-electron chi connectivity index (χ1n) is 8.25. The number of hydrogen-bond acceptors (Lipinski definition) is 5. The van der Waals surface area contributed by atoms with Crippen LogP contribution in [0.3, 0.4) is 0 Å². The number of piperidine rings is 1. The van der Waals surface area contributed by atoms with Gasteiger partial charge < -0.3 is 15.0 Å². The van der Waals surface area contributed by atoms with E-state index in [0.29, 0.717) is 30.0 Å². The van der Waals surface area contributed by atoms with Gasteiger partial charge in [0.1, 0.15) is 4.64 Å². The van der Waals surface area contributed by atoms with Gasteiger partial charge in [0.15, 0.2) is 0 Å². The maximum absolute atomic E-state index is 12.0. The summed E-state index contributed by atoms with van der Waals surface area (Å²) in [5, 5.41) is 0. The van der Waals surface area contributed by atoms with E-state index in [9.17, 15) is 9.59 Å². The van der Waals surface area contributed by atoms with Gasteiger partial charge in [0.25, 0.3) is 5.91 Å². The van der Waals surface area contributed by atoms with Crippen LogP contribution in [0.5, 0.6) is 0 Å². The van der Waals surface area contributed by atoms with E-state index in [-0.39, 0.29) is 11.9 Å². The summed E-state index contributed by atoms with van der Waals surface area (Å²) in [6, 6.07) is 1.92. The second-order valence-corrected chi connectivity index (χ2v) is 6.64. The molecule has 2 rings (SSSR count). The minimum atomic E-state index is -0.505. The fourth-order valence-electron chi connectivity index (χ4n) is 3.24. The predicted octanol–water partition coefficient (Wildman–Crippen LogP) is 2.17. The number of likely N-dealkylation sites (tertiary alicyclic amines) is 1. The van der Waals surface area contributed by atoms with Crippen LogP contribution in [0.25, 0.3) is 0 Å². The van der Waals surface area contributed by atoms with Crippen molar-refractivity contribution in [3.8, 4) is 0 Å². The van der Waals surface area contributed by atoms with E-state index in [2.05, 4.69) is 4.90 Å². The van der Waals surface area contributed by atoms with Crippen LogP contribution in [0.2, 0.25) is 0 Å². The Kier molecular flexibility index (Phi) is 6.12. The minimum absolute atomic E-state index is 0.103. The van der Waals surface area contributed by atoms with Crippen LogP contribution < -0.4 is 5.73 Å². The van der Waals surface area contributed by atoms with E-state index in [1.807, 2.05) is 31.4 Å². The van der Waals surface area contributed by atoms with E-state index >= 15 is 0 Å². The molecule has 1 aliphatic heterocycles. The highest BCUT2D eigenvalue weighted by molar-refractivity contribution is 7.71. The van der Waals surface area contributed by atoms with Crippen molar-refractivity contribution in [2.45, 2.75) is 40.3 Å². The second-order valence-electron chi connectivity index (χ2n) is 6.25. The Balaban J connectivity index is 2.22. The lowest BCUT2D eigenvalue weighted by Crippen LogP contribution is -2.40. The molecule has 0 aliphatic carbocycles. The number of pyridine rings is 1. The van der Waals surface area contributed by atoms with Gasteiger partial charge in [-0.05, 0) is 51.8 Å². The normalized spacial score (nSPS) is 18.4. The average Bonchev–Trinajstić information content (AvgIpc) is 2.51. The number of aryl methyl sites for hydroxylation is 2. The number of amides is 1. The summed E-state index contributed by atoms with van der Waals surface area (Å²) in [5.74, 6) is -0.743. The third-order valence-corrected chi connectivity index (χ3v) is 4.84. The highest BCUT2D eigenvalue weighted by Crippen LogP contribution is 2.20. The van der Waals surface area contributed by atoms with Gasteiger partial charge in [-0.2, -0.15) is 0 Å². The number of nitrogens with zero attached hydrogens (tertiary/aromatic N) is 2. The molecule has 132 valence electrons. The van der Waals surface area contributed by atoms with Gasteiger partial charge in [0, 0.05) is 12.2 Å². The van der Waals surface area contributed by atoms with Gasteiger partial charge in [-0.25, -0.2) is 0 Å². The van der Waals surface area contributed by atoms with E-state index in [1.54, 1.807) is 0 Å². The Morgan fingerprint density at radius 1 is 1.42 bits per heavy atom. The number of hydrogen-bond donors (Lipinski definition) is 1. The van der Waals surface area contributed by atoms with E-state index < -0.39 is 5.91 Å². The zero-order valence-corrected chi connectivity index (χ0v) is 15.3. The average molecular weight is 351 g/mol. The summed E-state index contributed by atoms with van der Waals surface area (Å²) in [5.41, 5.74) is 7.64.